The molecule has 0 radical (unpaired) electrons. The molecular weight excluding hydrogens is 344 g/mol. The molecule has 0 bridgehead atoms. The molecule has 3 rings (SSSR count). The number of morpholine rings is 1. The summed E-state index contributed by atoms with van der Waals surface area (Å²) >= 11 is 5.96. The minimum atomic E-state index is -0.310. The van der Waals surface area contributed by atoms with Crippen LogP contribution in [0.15, 0.2) is 36.5 Å². The maximum Gasteiger partial charge on any atom is 0.271 e. The van der Waals surface area contributed by atoms with Crippen LogP contribution in [-0.4, -0.2) is 59.3 Å². The Morgan fingerprint density at radius 3 is 2.80 bits per heavy atom. The molecule has 1 aromatic heterocycles. The molecule has 1 aromatic carbocycles. The van der Waals surface area contributed by atoms with E-state index in [1.807, 2.05) is 12.1 Å². The van der Waals surface area contributed by atoms with Crippen LogP contribution in [0.2, 0.25) is 5.02 Å². The number of amides is 2. The third-order valence-electron chi connectivity index (χ3n) is 3.88. The van der Waals surface area contributed by atoms with Gasteiger partial charge < -0.3 is 15.0 Å². The van der Waals surface area contributed by atoms with Gasteiger partial charge >= 0.3 is 0 Å². The zero-order chi connectivity index (χ0) is 17.6. The number of hydrogen-bond donors (Lipinski definition) is 1. The summed E-state index contributed by atoms with van der Waals surface area (Å²) in [5, 5.41) is 7.57. The first-order chi connectivity index (χ1) is 12.1. The quantitative estimate of drug-likeness (QED) is 0.874. The minimum absolute atomic E-state index is 0.0213. The number of nitrogens with zero attached hydrogens (tertiary/aromatic N) is 3. The summed E-state index contributed by atoms with van der Waals surface area (Å²) in [6, 6.07) is 8.82. The van der Waals surface area contributed by atoms with Gasteiger partial charge in [0.05, 0.1) is 18.9 Å². The van der Waals surface area contributed by atoms with Crippen LogP contribution in [0.4, 0.5) is 0 Å². The molecule has 2 heterocycles. The predicted molar refractivity (Wildman–Crippen MR) is 92.9 cm³/mol. The maximum absolute atomic E-state index is 12.2. The number of aromatic nitrogens is 2. The van der Waals surface area contributed by atoms with Gasteiger partial charge in [0, 0.05) is 37.3 Å². The molecule has 1 N–H and O–H groups in total. The van der Waals surface area contributed by atoms with Crippen molar-refractivity contribution in [2.45, 2.75) is 6.42 Å². The van der Waals surface area contributed by atoms with Crippen molar-refractivity contribution in [3.8, 4) is 5.69 Å². The lowest BCUT2D eigenvalue weighted by Crippen LogP contribution is -2.42. The number of rotatable bonds is 5. The summed E-state index contributed by atoms with van der Waals surface area (Å²) in [6.07, 6.45) is 1.96. The van der Waals surface area contributed by atoms with E-state index >= 15 is 0 Å². The Labute approximate surface area is 150 Å². The molecular formula is C17H19ClN4O3. The maximum atomic E-state index is 12.2. The third kappa shape index (κ3) is 4.58. The molecule has 7 nitrogen and oxygen atoms in total. The van der Waals surface area contributed by atoms with Gasteiger partial charge in [-0.05, 0) is 24.3 Å². The van der Waals surface area contributed by atoms with Gasteiger partial charge in [0.15, 0.2) is 5.69 Å². The Balaban J connectivity index is 1.51. The first-order valence-electron chi connectivity index (χ1n) is 8.09. The zero-order valence-corrected chi connectivity index (χ0v) is 14.4. The zero-order valence-electron chi connectivity index (χ0n) is 13.7. The lowest BCUT2D eigenvalue weighted by atomic mass is 10.3. The standard InChI is InChI=1S/C17H19ClN4O3/c18-13-2-1-3-14(12-13)22-7-5-15(20-22)17(24)19-6-4-16(23)21-8-10-25-11-9-21/h1-3,5,7,12H,4,6,8-11H2,(H,19,24). The number of carbonyl (C=O) groups excluding carboxylic acids is 2. The topological polar surface area (TPSA) is 76.5 Å². The SMILES string of the molecule is O=C(NCCC(=O)N1CCOCC1)c1ccn(-c2cccc(Cl)c2)n1. The molecule has 1 fully saturated rings. The molecule has 25 heavy (non-hydrogen) atoms. The summed E-state index contributed by atoms with van der Waals surface area (Å²) in [4.78, 5) is 25.9. The number of ether oxygens (including phenoxy) is 1. The van der Waals surface area contributed by atoms with Crippen molar-refractivity contribution in [1.82, 2.24) is 20.0 Å². The van der Waals surface area contributed by atoms with Gasteiger partial charge in [0.2, 0.25) is 5.91 Å². The van der Waals surface area contributed by atoms with E-state index in [1.54, 1.807) is 34.0 Å². The minimum Gasteiger partial charge on any atom is -0.378 e. The Morgan fingerprint density at radius 1 is 1.24 bits per heavy atom. The largest absolute Gasteiger partial charge is 0.378 e. The molecule has 0 aliphatic carbocycles. The van der Waals surface area contributed by atoms with Gasteiger partial charge in [-0.25, -0.2) is 4.68 Å². The van der Waals surface area contributed by atoms with Gasteiger partial charge in [-0.2, -0.15) is 5.10 Å². The summed E-state index contributed by atoms with van der Waals surface area (Å²) in [5.41, 5.74) is 1.06. The second-order valence-electron chi connectivity index (χ2n) is 5.62. The number of carbonyl (C=O) groups is 2. The Kier molecular flexibility index (Phi) is 5.67. The fourth-order valence-electron chi connectivity index (χ4n) is 2.55. The van der Waals surface area contributed by atoms with Crippen LogP contribution in [0.3, 0.4) is 0 Å². The summed E-state index contributed by atoms with van der Waals surface area (Å²) in [7, 11) is 0. The van der Waals surface area contributed by atoms with Crippen molar-refractivity contribution in [2.75, 3.05) is 32.8 Å². The fourth-order valence-corrected chi connectivity index (χ4v) is 2.74. The van der Waals surface area contributed by atoms with E-state index in [0.29, 0.717) is 37.0 Å². The highest BCUT2D eigenvalue weighted by Crippen LogP contribution is 2.14. The first-order valence-corrected chi connectivity index (χ1v) is 8.46. The molecule has 0 atom stereocenters. The van der Waals surface area contributed by atoms with E-state index in [2.05, 4.69) is 10.4 Å². The average Bonchev–Trinajstić information content (AvgIpc) is 3.12. The average molecular weight is 363 g/mol. The number of nitrogens with one attached hydrogen (secondary N) is 1. The molecule has 8 heteroatoms. The van der Waals surface area contributed by atoms with Crippen LogP contribution < -0.4 is 5.32 Å². The second-order valence-corrected chi connectivity index (χ2v) is 6.06. The lowest BCUT2D eigenvalue weighted by molar-refractivity contribution is -0.135. The predicted octanol–water partition coefficient (Wildman–Crippen LogP) is 1.50. The summed E-state index contributed by atoms with van der Waals surface area (Å²) in [6.45, 7) is 2.63. The number of hydrogen-bond acceptors (Lipinski definition) is 4. The van der Waals surface area contributed by atoms with Crippen molar-refractivity contribution in [3.05, 3.63) is 47.2 Å². The first kappa shape index (κ1) is 17.4. The van der Waals surface area contributed by atoms with Crippen LogP contribution in [0.1, 0.15) is 16.9 Å². The van der Waals surface area contributed by atoms with Crippen LogP contribution in [0.25, 0.3) is 5.69 Å². The van der Waals surface area contributed by atoms with Crippen LogP contribution in [-0.2, 0) is 9.53 Å². The van der Waals surface area contributed by atoms with Crippen LogP contribution >= 0.6 is 11.6 Å². The van der Waals surface area contributed by atoms with Gasteiger partial charge in [-0.1, -0.05) is 17.7 Å². The molecule has 2 aromatic rings. The lowest BCUT2D eigenvalue weighted by Gasteiger charge is -2.26. The molecule has 0 saturated carbocycles. The molecule has 0 spiro atoms. The molecule has 2 amide bonds. The highest BCUT2D eigenvalue weighted by Gasteiger charge is 2.17. The second kappa shape index (κ2) is 8.13. The van der Waals surface area contributed by atoms with Crippen molar-refractivity contribution in [2.24, 2.45) is 0 Å². The fraction of sp³-hybridized carbons (Fsp3) is 0.353. The number of benzene rings is 1. The van der Waals surface area contributed by atoms with E-state index in [0.717, 1.165) is 5.69 Å². The smallest absolute Gasteiger partial charge is 0.271 e. The van der Waals surface area contributed by atoms with Gasteiger partial charge in [0.1, 0.15) is 0 Å². The van der Waals surface area contributed by atoms with E-state index in [9.17, 15) is 9.59 Å². The normalized spacial score (nSPS) is 14.4. The molecule has 0 unspecified atom stereocenters. The Bertz CT molecular complexity index is 756. The Hall–Kier alpha value is -2.38. The van der Waals surface area contributed by atoms with Crippen LogP contribution in [0.5, 0.6) is 0 Å². The van der Waals surface area contributed by atoms with E-state index < -0.39 is 0 Å². The summed E-state index contributed by atoms with van der Waals surface area (Å²) in [5.74, 6) is -0.288. The van der Waals surface area contributed by atoms with Crippen LogP contribution in [0, 0.1) is 0 Å². The van der Waals surface area contributed by atoms with Crippen molar-refractivity contribution >= 4 is 23.4 Å². The molecule has 1 aliphatic heterocycles. The van der Waals surface area contributed by atoms with Gasteiger partial charge in [-0.15, -0.1) is 0 Å². The number of halogens is 1. The van der Waals surface area contributed by atoms with E-state index in [1.165, 1.54) is 0 Å². The van der Waals surface area contributed by atoms with Gasteiger partial charge in [0.25, 0.3) is 5.91 Å². The Morgan fingerprint density at radius 2 is 2.04 bits per heavy atom. The van der Waals surface area contributed by atoms with Crippen molar-refractivity contribution < 1.29 is 14.3 Å². The van der Waals surface area contributed by atoms with E-state index in [4.69, 9.17) is 16.3 Å². The highest BCUT2D eigenvalue weighted by atomic mass is 35.5. The van der Waals surface area contributed by atoms with Crippen molar-refractivity contribution in [1.29, 1.82) is 0 Å². The molecule has 1 saturated heterocycles. The van der Waals surface area contributed by atoms with E-state index in [-0.39, 0.29) is 24.8 Å². The molecule has 1 aliphatic rings. The van der Waals surface area contributed by atoms with Gasteiger partial charge in [-0.3, -0.25) is 9.59 Å². The monoisotopic (exact) mass is 362 g/mol. The third-order valence-corrected chi connectivity index (χ3v) is 4.12. The highest BCUT2D eigenvalue weighted by molar-refractivity contribution is 6.30. The molecule has 132 valence electrons. The summed E-state index contributed by atoms with van der Waals surface area (Å²) < 4.78 is 6.80. The van der Waals surface area contributed by atoms with Crippen molar-refractivity contribution in [3.63, 3.8) is 0 Å².